The molecule has 0 spiro atoms. The fourth-order valence-electron chi connectivity index (χ4n) is 3.18. The van der Waals surface area contributed by atoms with Gasteiger partial charge in [-0.1, -0.05) is 6.92 Å². The molecule has 0 aromatic heterocycles. The van der Waals surface area contributed by atoms with Crippen LogP contribution in [-0.4, -0.2) is 42.4 Å². The summed E-state index contributed by atoms with van der Waals surface area (Å²) in [6, 6.07) is 2.91. The predicted octanol–water partition coefficient (Wildman–Crippen LogP) is 2.92. The average molecular weight is 367 g/mol. The molecule has 0 bridgehead atoms. The number of nitrogens with zero attached hydrogens (tertiary/aromatic N) is 1. The van der Waals surface area contributed by atoms with Crippen molar-refractivity contribution in [1.29, 1.82) is 0 Å². The van der Waals surface area contributed by atoms with E-state index in [1.807, 2.05) is 6.92 Å². The predicted molar refractivity (Wildman–Crippen MR) is 96.7 cm³/mol. The van der Waals surface area contributed by atoms with Gasteiger partial charge in [0.2, 0.25) is 11.8 Å². The van der Waals surface area contributed by atoms with Crippen molar-refractivity contribution in [2.24, 2.45) is 5.92 Å². The Morgan fingerprint density at radius 1 is 1.31 bits per heavy atom. The molecular weight excluding hydrogens is 340 g/mol. The second kappa shape index (κ2) is 9.62. The van der Waals surface area contributed by atoms with Crippen LogP contribution in [0.25, 0.3) is 0 Å². The molecular formula is C19H27F2N3O2. The molecule has 1 heterocycles. The van der Waals surface area contributed by atoms with Crippen molar-refractivity contribution in [2.75, 3.05) is 25.0 Å². The lowest BCUT2D eigenvalue weighted by atomic mass is 9.96. The van der Waals surface area contributed by atoms with Gasteiger partial charge >= 0.3 is 0 Å². The second-order valence-corrected chi connectivity index (χ2v) is 6.85. The Labute approximate surface area is 153 Å². The Kier molecular flexibility index (Phi) is 7.50. The summed E-state index contributed by atoms with van der Waals surface area (Å²) in [5.41, 5.74) is 0.237. The molecule has 144 valence electrons. The Hall–Kier alpha value is -2.02. The first-order valence-corrected chi connectivity index (χ1v) is 9.17. The Morgan fingerprint density at radius 2 is 2.08 bits per heavy atom. The van der Waals surface area contributed by atoms with Crippen LogP contribution in [0.15, 0.2) is 18.2 Å². The number of hydrogen-bond acceptors (Lipinski definition) is 3. The zero-order valence-electron chi connectivity index (χ0n) is 15.4. The van der Waals surface area contributed by atoms with E-state index in [1.54, 1.807) is 6.92 Å². The number of piperidine rings is 1. The van der Waals surface area contributed by atoms with E-state index < -0.39 is 17.7 Å². The third-order valence-corrected chi connectivity index (χ3v) is 4.73. The van der Waals surface area contributed by atoms with E-state index in [0.717, 1.165) is 44.5 Å². The fourth-order valence-corrected chi connectivity index (χ4v) is 3.18. The van der Waals surface area contributed by atoms with Gasteiger partial charge < -0.3 is 10.6 Å². The van der Waals surface area contributed by atoms with Crippen molar-refractivity contribution in [3.63, 3.8) is 0 Å². The van der Waals surface area contributed by atoms with E-state index in [1.165, 1.54) is 6.07 Å². The van der Waals surface area contributed by atoms with Crippen LogP contribution in [0.5, 0.6) is 0 Å². The number of benzene rings is 1. The number of halogens is 2. The minimum atomic E-state index is -0.990. The van der Waals surface area contributed by atoms with Crippen LogP contribution >= 0.6 is 0 Å². The SMILES string of the molecule is CCCC(=O)NCC1CCCN(C(C)C(=O)Nc2ccc(F)c(F)c2)C1. The zero-order chi connectivity index (χ0) is 19.1. The molecule has 2 rings (SSSR count). The zero-order valence-corrected chi connectivity index (χ0v) is 15.4. The van der Waals surface area contributed by atoms with Crippen molar-refractivity contribution in [2.45, 2.75) is 45.6 Å². The third-order valence-electron chi connectivity index (χ3n) is 4.73. The van der Waals surface area contributed by atoms with Gasteiger partial charge in [-0.05, 0) is 50.8 Å². The molecule has 1 aromatic rings. The van der Waals surface area contributed by atoms with Crippen LogP contribution in [0, 0.1) is 17.6 Å². The van der Waals surface area contributed by atoms with E-state index in [0.29, 0.717) is 18.9 Å². The van der Waals surface area contributed by atoms with Crippen LogP contribution < -0.4 is 10.6 Å². The minimum absolute atomic E-state index is 0.0637. The van der Waals surface area contributed by atoms with Gasteiger partial charge in [0.05, 0.1) is 6.04 Å². The summed E-state index contributed by atoms with van der Waals surface area (Å²) < 4.78 is 26.3. The maximum Gasteiger partial charge on any atom is 0.241 e. The molecule has 2 atom stereocenters. The molecule has 0 saturated carbocycles. The van der Waals surface area contributed by atoms with Crippen molar-refractivity contribution in [3.05, 3.63) is 29.8 Å². The topological polar surface area (TPSA) is 61.4 Å². The van der Waals surface area contributed by atoms with Crippen LogP contribution in [0.1, 0.15) is 39.5 Å². The molecule has 7 heteroatoms. The van der Waals surface area contributed by atoms with Gasteiger partial charge in [-0.2, -0.15) is 0 Å². The minimum Gasteiger partial charge on any atom is -0.356 e. The Bertz CT molecular complexity index is 639. The molecule has 1 fully saturated rings. The Morgan fingerprint density at radius 3 is 2.77 bits per heavy atom. The molecule has 0 radical (unpaired) electrons. The maximum atomic E-state index is 13.3. The van der Waals surface area contributed by atoms with Crippen molar-refractivity contribution >= 4 is 17.5 Å². The number of carbonyl (C=O) groups excluding carboxylic acids is 2. The van der Waals surface area contributed by atoms with Gasteiger partial charge in [-0.3, -0.25) is 14.5 Å². The normalized spacial score (nSPS) is 19.0. The molecule has 2 unspecified atom stereocenters. The lowest BCUT2D eigenvalue weighted by Crippen LogP contribution is -2.49. The molecule has 1 saturated heterocycles. The lowest BCUT2D eigenvalue weighted by molar-refractivity contribution is -0.123. The average Bonchev–Trinajstić information content (AvgIpc) is 2.63. The highest BCUT2D eigenvalue weighted by Gasteiger charge is 2.27. The number of carbonyl (C=O) groups is 2. The quantitative estimate of drug-likeness (QED) is 0.779. The summed E-state index contributed by atoms with van der Waals surface area (Å²) in [4.78, 5) is 26.1. The van der Waals surface area contributed by atoms with Gasteiger partial charge in [0.15, 0.2) is 11.6 Å². The molecule has 1 aliphatic rings. The van der Waals surface area contributed by atoms with E-state index >= 15 is 0 Å². The third kappa shape index (κ3) is 5.76. The number of likely N-dealkylation sites (tertiary alicyclic amines) is 1. The van der Waals surface area contributed by atoms with Crippen LogP contribution in [-0.2, 0) is 9.59 Å². The number of hydrogen-bond donors (Lipinski definition) is 2. The highest BCUT2D eigenvalue weighted by atomic mass is 19.2. The molecule has 0 aliphatic carbocycles. The number of nitrogens with one attached hydrogen (secondary N) is 2. The summed E-state index contributed by atoms with van der Waals surface area (Å²) in [5.74, 6) is -1.82. The van der Waals surface area contributed by atoms with Gasteiger partial charge in [-0.15, -0.1) is 0 Å². The molecule has 5 nitrogen and oxygen atoms in total. The molecule has 2 amide bonds. The van der Waals surface area contributed by atoms with Gasteiger partial charge in [0.1, 0.15) is 0 Å². The maximum absolute atomic E-state index is 13.3. The highest BCUT2D eigenvalue weighted by molar-refractivity contribution is 5.94. The lowest BCUT2D eigenvalue weighted by Gasteiger charge is -2.36. The Balaban J connectivity index is 1.86. The fraction of sp³-hybridized carbons (Fsp3) is 0.579. The number of amides is 2. The van der Waals surface area contributed by atoms with Crippen molar-refractivity contribution < 1.29 is 18.4 Å². The van der Waals surface area contributed by atoms with E-state index in [4.69, 9.17) is 0 Å². The van der Waals surface area contributed by atoms with E-state index in [2.05, 4.69) is 15.5 Å². The van der Waals surface area contributed by atoms with Gasteiger partial charge in [-0.25, -0.2) is 8.78 Å². The second-order valence-electron chi connectivity index (χ2n) is 6.85. The molecule has 1 aromatic carbocycles. The first-order chi connectivity index (χ1) is 12.4. The molecule has 2 N–H and O–H groups in total. The first-order valence-electron chi connectivity index (χ1n) is 9.17. The summed E-state index contributed by atoms with van der Waals surface area (Å²) >= 11 is 0. The van der Waals surface area contributed by atoms with Crippen LogP contribution in [0.2, 0.25) is 0 Å². The summed E-state index contributed by atoms with van der Waals surface area (Å²) in [6.07, 6.45) is 3.32. The number of rotatable bonds is 7. The van der Waals surface area contributed by atoms with Crippen LogP contribution in [0.4, 0.5) is 14.5 Å². The molecule has 1 aliphatic heterocycles. The first kappa shape index (κ1) is 20.3. The summed E-state index contributed by atoms with van der Waals surface area (Å²) in [6.45, 7) is 5.90. The highest BCUT2D eigenvalue weighted by Crippen LogP contribution is 2.19. The monoisotopic (exact) mass is 367 g/mol. The van der Waals surface area contributed by atoms with Gasteiger partial charge in [0, 0.05) is 31.3 Å². The number of anilines is 1. The van der Waals surface area contributed by atoms with E-state index in [9.17, 15) is 18.4 Å². The van der Waals surface area contributed by atoms with Crippen molar-refractivity contribution in [1.82, 2.24) is 10.2 Å². The summed E-state index contributed by atoms with van der Waals surface area (Å²) in [5, 5.41) is 5.58. The molecule has 26 heavy (non-hydrogen) atoms. The standard InChI is InChI=1S/C19H27F2N3O2/c1-3-5-18(25)22-11-14-6-4-9-24(12-14)13(2)19(26)23-15-7-8-16(20)17(21)10-15/h7-8,10,13-14H,3-6,9,11-12H2,1-2H3,(H,22,25)(H,23,26). The largest absolute Gasteiger partial charge is 0.356 e. The van der Waals surface area contributed by atoms with Crippen LogP contribution in [0.3, 0.4) is 0 Å². The van der Waals surface area contributed by atoms with E-state index in [-0.39, 0.29) is 17.5 Å². The van der Waals surface area contributed by atoms with Crippen molar-refractivity contribution in [3.8, 4) is 0 Å². The van der Waals surface area contributed by atoms with Gasteiger partial charge in [0.25, 0.3) is 0 Å². The summed E-state index contributed by atoms with van der Waals surface area (Å²) in [7, 11) is 0. The smallest absolute Gasteiger partial charge is 0.241 e.